The van der Waals surface area contributed by atoms with Gasteiger partial charge >= 0.3 is 0 Å². The van der Waals surface area contributed by atoms with Gasteiger partial charge in [0.15, 0.2) is 0 Å². The highest BCUT2D eigenvalue weighted by atomic mass is 14.9. The van der Waals surface area contributed by atoms with Gasteiger partial charge in [0.05, 0.1) is 23.8 Å². The van der Waals surface area contributed by atoms with Gasteiger partial charge < -0.3 is 10.6 Å². The van der Waals surface area contributed by atoms with Crippen molar-refractivity contribution in [3.05, 3.63) is 18.5 Å². The fourth-order valence-corrected chi connectivity index (χ4v) is 1.81. The van der Waals surface area contributed by atoms with Gasteiger partial charge in [0, 0.05) is 13.1 Å². The molecule has 0 saturated heterocycles. The number of hydrogen-bond acceptors (Lipinski definition) is 3. The molecule has 0 aromatic carbocycles. The summed E-state index contributed by atoms with van der Waals surface area (Å²) in [6.45, 7) is 8.75. The molecule has 1 aromatic heterocycles. The number of anilines is 2. The fourth-order valence-electron chi connectivity index (χ4n) is 1.81. The molecule has 0 unspecified atom stereocenters. The highest BCUT2D eigenvalue weighted by Gasteiger charge is 1.97. The summed E-state index contributed by atoms with van der Waals surface area (Å²) in [7, 11) is 0. The van der Waals surface area contributed by atoms with Crippen molar-refractivity contribution in [2.24, 2.45) is 5.92 Å². The predicted molar refractivity (Wildman–Crippen MR) is 80.2 cm³/mol. The first kappa shape index (κ1) is 14.8. The first-order valence-corrected chi connectivity index (χ1v) is 7.15. The van der Waals surface area contributed by atoms with E-state index in [1.165, 1.54) is 19.3 Å². The van der Waals surface area contributed by atoms with Crippen LogP contribution in [0.1, 0.15) is 46.5 Å². The van der Waals surface area contributed by atoms with Crippen LogP contribution in [0.5, 0.6) is 0 Å². The summed E-state index contributed by atoms with van der Waals surface area (Å²) in [5.74, 6) is 0.813. The van der Waals surface area contributed by atoms with Crippen molar-refractivity contribution in [1.82, 2.24) is 4.98 Å². The Kier molecular flexibility index (Phi) is 7.23. The lowest BCUT2D eigenvalue weighted by Crippen LogP contribution is -2.04. The maximum atomic E-state index is 4.24. The first-order chi connectivity index (χ1) is 8.72. The Morgan fingerprint density at radius 1 is 1.06 bits per heavy atom. The Labute approximate surface area is 111 Å². The Morgan fingerprint density at radius 3 is 2.33 bits per heavy atom. The van der Waals surface area contributed by atoms with Crippen molar-refractivity contribution in [3.8, 4) is 0 Å². The largest absolute Gasteiger partial charge is 0.384 e. The number of aromatic nitrogens is 1. The molecule has 3 heteroatoms. The van der Waals surface area contributed by atoms with E-state index < -0.39 is 0 Å². The third kappa shape index (κ3) is 6.48. The molecule has 1 aromatic rings. The van der Waals surface area contributed by atoms with Gasteiger partial charge in [-0.2, -0.15) is 0 Å². The summed E-state index contributed by atoms with van der Waals surface area (Å²) in [5, 5.41) is 6.78. The van der Waals surface area contributed by atoms with Crippen LogP contribution in [0, 0.1) is 5.92 Å². The van der Waals surface area contributed by atoms with Crippen LogP contribution in [0.3, 0.4) is 0 Å². The Morgan fingerprint density at radius 2 is 1.72 bits per heavy atom. The van der Waals surface area contributed by atoms with Gasteiger partial charge in [0.2, 0.25) is 0 Å². The molecule has 18 heavy (non-hydrogen) atoms. The van der Waals surface area contributed by atoms with Gasteiger partial charge in [-0.3, -0.25) is 4.98 Å². The summed E-state index contributed by atoms with van der Waals surface area (Å²) >= 11 is 0. The van der Waals surface area contributed by atoms with E-state index in [9.17, 15) is 0 Å². The molecular weight excluding hydrogens is 222 g/mol. The third-order valence-corrected chi connectivity index (χ3v) is 2.85. The molecule has 0 aliphatic rings. The zero-order valence-electron chi connectivity index (χ0n) is 12.0. The smallest absolute Gasteiger partial charge is 0.0547 e. The summed E-state index contributed by atoms with van der Waals surface area (Å²) in [6, 6.07) is 2.13. The average molecular weight is 249 g/mol. The summed E-state index contributed by atoms with van der Waals surface area (Å²) < 4.78 is 0. The molecule has 0 radical (unpaired) electrons. The molecule has 0 aliphatic heterocycles. The van der Waals surface area contributed by atoms with Crippen LogP contribution >= 0.6 is 0 Å². The molecule has 1 rings (SSSR count). The number of hydrogen-bond donors (Lipinski definition) is 2. The van der Waals surface area contributed by atoms with Crippen LogP contribution in [0.4, 0.5) is 11.4 Å². The van der Waals surface area contributed by atoms with Crippen LogP contribution in [-0.4, -0.2) is 18.1 Å². The maximum absolute atomic E-state index is 4.24. The standard InChI is InChI=1S/C15H27N3/c1-4-8-17-14-10-15(12-16-11-14)18-9-6-5-7-13(2)3/h10-13,17-18H,4-9H2,1-3H3. The van der Waals surface area contributed by atoms with Crippen molar-refractivity contribution in [3.63, 3.8) is 0 Å². The van der Waals surface area contributed by atoms with Crippen LogP contribution in [-0.2, 0) is 0 Å². The van der Waals surface area contributed by atoms with Gasteiger partial charge in [0.25, 0.3) is 0 Å². The second kappa shape index (κ2) is 8.78. The second-order valence-electron chi connectivity index (χ2n) is 5.21. The van der Waals surface area contributed by atoms with Crippen molar-refractivity contribution >= 4 is 11.4 Å². The highest BCUT2D eigenvalue weighted by molar-refractivity contribution is 5.53. The molecule has 0 spiro atoms. The average Bonchev–Trinajstić information content (AvgIpc) is 2.36. The van der Waals surface area contributed by atoms with E-state index in [4.69, 9.17) is 0 Å². The normalized spacial score (nSPS) is 10.7. The summed E-state index contributed by atoms with van der Waals surface area (Å²) in [4.78, 5) is 4.24. The first-order valence-electron chi connectivity index (χ1n) is 7.15. The van der Waals surface area contributed by atoms with Crippen molar-refractivity contribution in [2.45, 2.75) is 46.5 Å². The van der Waals surface area contributed by atoms with E-state index in [1.807, 2.05) is 12.4 Å². The van der Waals surface area contributed by atoms with E-state index in [2.05, 4.69) is 42.5 Å². The molecule has 0 amide bonds. The zero-order valence-corrected chi connectivity index (χ0v) is 12.0. The molecule has 102 valence electrons. The summed E-state index contributed by atoms with van der Waals surface area (Å²) in [6.07, 6.45) is 8.74. The lowest BCUT2D eigenvalue weighted by atomic mass is 10.1. The van der Waals surface area contributed by atoms with E-state index in [1.54, 1.807) is 0 Å². The molecule has 0 fully saturated rings. The van der Waals surface area contributed by atoms with E-state index in [0.29, 0.717) is 0 Å². The number of pyridine rings is 1. The Balaban J connectivity index is 2.24. The van der Waals surface area contributed by atoms with Crippen LogP contribution in [0.2, 0.25) is 0 Å². The van der Waals surface area contributed by atoms with Crippen LogP contribution in [0.15, 0.2) is 18.5 Å². The van der Waals surface area contributed by atoms with Crippen molar-refractivity contribution in [2.75, 3.05) is 23.7 Å². The van der Waals surface area contributed by atoms with Gasteiger partial charge in [-0.15, -0.1) is 0 Å². The number of rotatable bonds is 9. The fraction of sp³-hybridized carbons (Fsp3) is 0.667. The van der Waals surface area contributed by atoms with Crippen molar-refractivity contribution < 1.29 is 0 Å². The Hall–Kier alpha value is -1.25. The number of nitrogens with one attached hydrogen (secondary N) is 2. The highest BCUT2D eigenvalue weighted by Crippen LogP contribution is 2.13. The number of unbranched alkanes of at least 4 members (excludes halogenated alkanes) is 1. The molecule has 1 heterocycles. The molecule has 2 N–H and O–H groups in total. The minimum atomic E-state index is 0.813. The minimum absolute atomic E-state index is 0.813. The van der Waals surface area contributed by atoms with E-state index >= 15 is 0 Å². The topological polar surface area (TPSA) is 37.0 Å². The maximum Gasteiger partial charge on any atom is 0.0547 e. The SMILES string of the molecule is CCCNc1cncc(NCCCCC(C)C)c1. The second-order valence-corrected chi connectivity index (χ2v) is 5.21. The third-order valence-electron chi connectivity index (χ3n) is 2.85. The van der Waals surface area contributed by atoms with Gasteiger partial charge in [-0.25, -0.2) is 0 Å². The summed E-state index contributed by atoms with van der Waals surface area (Å²) in [5.41, 5.74) is 2.21. The predicted octanol–water partition coefficient (Wildman–Crippen LogP) is 4.14. The van der Waals surface area contributed by atoms with Crippen LogP contribution in [0.25, 0.3) is 0 Å². The molecule has 3 nitrogen and oxygen atoms in total. The molecule has 0 aliphatic carbocycles. The molecular formula is C15H27N3. The van der Waals surface area contributed by atoms with Crippen LogP contribution < -0.4 is 10.6 Å². The van der Waals surface area contributed by atoms with E-state index in [-0.39, 0.29) is 0 Å². The van der Waals surface area contributed by atoms with Gasteiger partial charge in [-0.05, 0) is 24.8 Å². The van der Waals surface area contributed by atoms with Crippen molar-refractivity contribution in [1.29, 1.82) is 0 Å². The molecule has 0 bridgehead atoms. The van der Waals surface area contributed by atoms with Gasteiger partial charge in [-0.1, -0.05) is 33.6 Å². The van der Waals surface area contributed by atoms with Gasteiger partial charge in [0.1, 0.15) is 0 Å². The molecule has 0 saturated carbocycles. The monoisotopic (exact) mass is 249 g/mol. The zero-order chi connectivity index (χ0) is 13.2. The minimum Gasteiger partial charge on any atom is -0.384 e. The lowest BCUT2D eigenvalue weighted by Gasteiger charge is -2.09. The lowest BCUT2D eigenvalue weighted by molar-refractivity contribution is 0.545. The molecule has 0 atom stereocenters. The number of nitrogens with zero attached hydrogens (tertiary/aromatic N) is 1. The van der Waals surface area contributed by atoms with E-state index in [0.717, 1.165) is 36.8 Å². The quantitative estimate of drug-likeness (QED) is 0.646. The Bertz CT molecular complexity index is 323.